The van der Waals surface area contributed by atoms with Crippen molar-refractivity contribution in [1.29, 1.82) is 0 Å². The molecule has 2 heterocycles. The number of hydrogen-bond acceptors (Lipinski definition) is 6. The molecular weight excluding hydrogens is 408 g/mol. The van der Waals surface area contributed by atoms with Crippen molar-refractivity contribution in [1.82, 2.24) is 20.1 Å². The molecule has 4 rings (SSSR count). The molecule has 0 aliphatic heterocycles. The van der Waals surface area contributed by atoms with Crippen LogP contribution in [-0.4, -0.2) is 41.4 Å². The number of benzene rings is 2. The Bertz CT molecular complexity index is 1210. The lowest BCUT2D eigenvalue weighted by Gasteiger charge is -2.09. The SMILES string of the molecule is COc1ccc(CCNC(=O)c2nc(-c3ccco3)n(-c3cccc(C)c3)n2)cc1OC. The van der Waals surface area contributed by atoms with Gasteiger partial charge >= 0.3 is 0 Å². The lowest BCUT2D eigenvalue weighted by molar-refractivity contribution is 0.0944. The largest absolute Gasteiger partial charge is 0.493 e. The van der Waals surface area contributed by atoms with Crippen LogP contribution in [0, 0.1) is 6.92 Å². The van der Waals surface area contributed by atoms with Gasteiger partial charge < -0.3 is 19.2 Å². The van der Waals surface area contributed by atoms with Crippen LogP contribution in [0.4, 0.5) is 0 Å². The molecule has 1 N–H and O–H groups in total. The normalized spacial score (nSPS) is 10.7. The zero-order valence-electron chi connectivity index (χ0n) is 18.2. The number of rotatable bonds is 8. The third-order valence-corrected chi connectivity index (χ3v) is 4.95. The maximum Gasteiger partial charge on any atom is 0.291 e. The van der Waals surface area contributed by atoms with Gasteiger partial charge in [-0.1, -0.05) is 18.2 Å². The van der Waals surface area contributed by atoms with Gasteiger partial charge in [-0.3, -0.25) is 4.79 Å². The summed E-state index contributed by atoms with van der Waals surface area (Å²) in [5.41, 5.74) is 2.88. The van der Waals surface area contributed by atoms with E-state index in [9.17, 15) is 4.79 Å². The fraction of sp³-hybridized carbons (Fsp3) is 0.208. The molecule has 0 unspecified atom stereocenters. The third kappa shape index (κ3) is 4.49. The van der Waals surface area contributed by atoms with Crippen LogP contribution in [0.25, 0.3) is 17.3 Å². The number of amides is 1. The van der Waals surface area contributed by atoms with Gasteiger partial charge in [0.2, 0.25) is 5.82 Å². The topological polar surface area (TPSA) is 91.4 Å². The van der Waals surface area contributed by atoms with E-state index in [0.29, 0.717) is 36.0 Å². The molecular formula is C24H24N4O4. The monoisotopic (exact) mass is 432 g/mol. The summed E-state index contributed by atoms with van der Waals surface area (Å²) in [6, 6.07) is 17.0. The standard InChI is InChI=1S/C24H24N4O4/c1-16-6-4-7-18(14-16)28-23(20-8-5-13-32-20)26-22(27-28)24(29)25-12-11-17-9-10-19(30-2)21(15-17)31-3/h4-10,13-15H,11-12H2,1-3H3,(H,25,29). The zero-order chi connectivity index (χ0) is 22.5. The molecule has 0 aliphatic carbocycles. The van der Waals surface area contributed by atoms with Crippen molar-refractivity contribution in [3.05, 3.63) is 77.8 Å². The first kappa shape index (κ1) is 21.2. The van der Waals surface area contributed by atoms with E-state index >= 15 is 0 Å². The van der Waals surface area contributed by atoms with Gasteiger partial charge in [-0.05, 0) is 60.9 Å². The third-order valence-electron chi connectivity index (χ3n) is 4.95. The minimum absolute atomic E-state index is 0.0743. The van der Waals surface area contributed by atoms with Crippen molar-refractivity contribution in [2.75, 3.05) is 20.8 Å². The number of carbonyl (C=O) groups excluding carboxylic acids is 1. The number of carbonyl (C=O) groups is 1. The Kier molecular flexibility index (Phi) is 6.21. The van der Waals surface area contributed by atoms with Crippen LogP contribution < -0.4 is 14.8 Å². The van der Waals surface area contributed by atoms with Crippen molar-refractivity contribution in [3.8, 4) is 28.8 Å². The lowest BCUT2D eigenvalue weighted by Crippen LogP contribution is -2.27. The number of furan rings is 1. The minimum atomic E-state index is -0.357. The summed E-state index contributed by atoms with van der Waals surface area (Å²) >= 11 is 0. The van der Waals surface area contributed by atoms with Crippen LogP contribution in [0.3, 0.4) is 0 Å². The van der Waals surface area contributed by atoms with E-state index in [0.717, 1.165) is 16.8 Å². The van der Waals surface area contributed by atoms with Gasteiger partial charge in [-0.25, -0.2) is 4.68 Å². The van der Waals surface area contributed by atoms with E-state index in [1.807, 2.05) is 49.4 Å². The second kappa shape index (κ2) is 9.38. The molecule has 0 saturated heterocycles. The van der Waals surface area contributed by atoms with Crippen LogP contribution in [-0.2, 0) is 6.42 Å². The predicted molar refractivity (Wildman–Crippen MR) is 119 cm³/mol. The highest BCUT2D eigenvalue weighted by atomic mass is 16.5. The number of aryl methyl sites for hydroxylation is 1. The highest BCUT2D eigenvalue weighted by Crippen LogP contribution is 2.27. The Morgan fingerprint density at radius 3 is 2.62 bits per heavy atom. The van der Waals surface area contributed by atoms with Gasteiger partial charge in [0.25, 0.3) is 5.91 Å². The summed E-state index contributed by atoms with van der Waals surface area (Å²) in [5.74, 6) is 2.03. The quantitative estimate of drug-likeness (QED) is 0.455. The Morgan fingerprint density at radius 2 is 1.91 bits per heavy atom. The Balaban J connectivity index is 1.51. The number of nitrogens with zero attached hydrogens (tertiary/aromatic N) is 3. The van der Waals surface area contributed by atoms with Crippen LogP contribution >= 0.6 is 0 Å². The van der Waals surface area contributed by atoms with Crippen molar-refractivity contribution >= 4 is 5.91 Å². The Morgan fingerprint density at radius 1 is 1.06 bits per heavy atom. The van der Waals surface area contributed by atoms with Crippen molar-refractivity contribution in [2.45, 2.75) is 13.3 Å². The highest BCUT2D eigenvalue weighted by Gasteiger charge is 2.20. The smallest absolute Gasteiger partial charge is 0.291 e. The van der Waals surface area contributed by atoms with Crippen LogP contribution in [0.15, 0.2) is 65.3 Å². The molecule has 0 saturated carbocycles. The average Bonchev–Trinajstić information content (AvgIpc) is 3.49. The highest BCUT2D eigenvalue weighted by molar-refractivity contribution is 5.90. The van der Waals surface area contributed by atoms with Crippen molar-refractivity contribution < 1.29 is 18.7 Å². The van der Waals surface area contributed by atoms with Gasteiger partial charge in [-0.15, -0.1) is 5.10 Å². The van der Waals surface area contributed by atoms with Crippen LogP contribution in [0.1, 0.15) is 21.7 Å². The minimum Gasteiger partial charge on any atom is -0.493 e. The second-order valence-electron chi connectivity index (χ2n) is 7.18. The second-order valence-corrected chi connectivity index (χ2v) is 7.18. The summed E-state index contributed by atoms with van der Waals surface area (Å²) in [6.07, 6.45) is 2.18. The lowest BCUT2D eigenvalue weighted by atomic mass is 10.1. The Hall–Kier alpha value is -4.07. The van der Waals surface area contributed by atoms with Crippen LogP contribution in [0.2, 0.25) is 0 Å². The molecule has 0 atom stereocenters. The van der Waals surface area contributed by atoms with Gasteiger partial charge in [0, 0.05) is 6.54 Å². The average molecular weight is 432 g/mol. The molecule has 2 aromatic heterocycles. The maximum absolute atomic E-state index is 12.8. The molecule has 8 nitrogen and oxygen atoms in total. The van der Waals surface area contributed by atoms with Crippen molar-refractivity contribution in [3.63, 3.8) is 0 Å². The number of ether oxygens (including phenoxy) is 2. The fourth-order valence-electron chi connectivity index (χ4n) is 3.35. The first-order valence-electron chi connectivity index (χ1n) is 10.2. The van der Waals surface area contributed by atoms with E-state index in [4.69, 9.17) is 13.9 Å². The van der Waals surface area contributed by atoms with E-state index in [1.165, 1.54) is 0 Å². The molecule has 2 aromatic carbocycles. The number of nitrogens with one attached hydrogen (secondary N) is 1. The maximum atomic E-state index is 12.8. The number of aromatic nitrogens is 3. The molecule has 0 fully saturated rings. The summed E-state index contributed by atoms with van der Waals surface area (Å²) in [7, 11) is 3.19. The molecule has 4 aromatic rings. The van der Waals surface area contributed by atoms with Crippen molar-refractivity contribution in [2.24, 2.45) is 0 Å². The van der Waals surface area contributed by atoms with E-state index in [2.05, 4.69) is 15.4 Å². The molecule has 0 spiro atoms. The number of methoxy groups -OCH3 is 2. The molecule has 164 valence electrons. The predicted octanol–water partition coefficient (Wildman–Crippen LogP) is 3.83. The van der Waals surface area contributed by atoms with E-state index in [1.54, 1.807) is 37.3 Å². The number of hydrogen-bond donors (Lipinski definition) is 1. The molecule has 1 amide bonds. The molecule has 0 aliphatic rings. The molecule has 0 radical (unpaired) electrons. The van der Waals surface area contributed by atoms with Gasteiger partial charge in [0.1, 0.15) is 0 Å². The first-order chi connectivity index (χ1) is 15.6. The van der Waals surface area contributed by atoms with Gasteiger partial charge in [0.05, 0.1) is 26.2 Å². The van der Waals surface area contributed by atoms with Gasteiger partial charge in [-0.2, -0.15) is 4.98 Å². The zero-order valence-corrected chi connectivity index (χ0v) is 18.2. The summed E-state index contributed by atoms with van der Waals surface area (Å²) < 4.78 is 17.7. The molecule has 0 bridgehead atoms. The van der Waals surface area contributed by atoms with Crippen LogP contribution in [0.5, 0.6) is 11.5 Å². The summed E-state index contributed by atoms with van der Waals surface area (Å²) in [5, 5.41) is 7.33. The fourth-order valence-corrected chi connectivity index (χ4v) is 3.35. The summed E-state index contributed by atoms with van der Waals surface area (Å²) in [4.78, 5) is 17.2. The molecule has 8 heteroatoms. The van der Waals surface area contributed by atoms with E-state index in [-0.39, 0.29) is 11.7 Å². The Labute approximate surface area is 185 Å². The molecule has 32 heavy (non-hydrogen) atoms. The summed E-state index contributed by atoms with van der Waals surface area (Å²) in [6.45, 7) is 2.41. The van der Waals surface area contributed by atoms with E-state index < -0.39 is 0 Å². The van der Waals surface area contributed by atoms with Gasteiger partial charge in [0.15, 0.2) is 23.1 Å². The first-order valence-corrected chi connectivity index (χ1v) is 10.2.